The molecule has 0 radical (unpaired) electrons. The number of aromatic amines is 2. The fourth-order valence-corrected chi connectivity index (χ4v) is 4.62. The molecule has 1 saturated heterocycles. The van der Waals surface area contributed by atoms with Gasteiger partial charge in [-0.1, -0.05) is 12.1 Å². The Hall–Kier alpha value is -4.58. The van der Waals surface area contributed by atoms with Gasteiger partial charge in [-0.25, -0.2) is 14.8 Å². The van der Waals surface area contributed by atoms with Gasteiger partial charge in [0.1, 0.15) is 11.2 Å². The number of carbonyl (C=O) groups excluding carboxylic acids is 2. The molecular weight excluding hydrogens is 486 g/mol. The highest BCUT2D eigenvalue weighted by Crippen LogP contribution is 2.29. The number of H-pyrrole nitrogens is 2. The molecule has 0 spiro atoms. The number of urea groups is 1. The lowest BCUT2D eigenvalue weighted by molar-refractivity contribution is 0.0304. The van der Waals surface area contributed by atoms with Crippen LogP contribution in [0.3, 0.4) is 0 Å². The van der Waals surface area contributed by atoms with E-state index in [9.17, 15) is 9.59 Å². The number of ether oxygens (including phenoxy) is 1. The maximum absolute atomic E-state index is 13.2. The maximum Gasteiger partial charge on any atom is 0.317 e. The molecule has 1 atom stereocenters. The third-order valence-corrected chi connectivity index (χ3v) is 6.65. The lowest BCUT2D eigenvalue weighted by atomic mass is 10.0. The summed E-state index contributed by atoms with van der Waals surface area (Å²) in [6.45, 7) is 2.66. The number of carbonyl (C=O) groups is 2. The minimum atomic E-state index is -0.220. The molecule has 5 heterocycles. The van der Waals surface area contributed by atoms with E-state index in [1.54, 1.807) is 37.5 Å². The highest BCUT2D eigenvalue weighted by Gasteiger charge is 2.23. The van der Waals surface area contributed by atoms with Crippen molar-refractivity contribution in [2.45, 2.75) is 6.04 Å². The first kappa shape index (κ1) is 23.8. The van der Waals surface area contributed by atoms with Crippen LogP contribution >= 0.6 is 0 Å². The Labute approximate surface area is 217 Å². The molecule has 1 aromatic carbocycles. The van der Waals surface area contributed by atoms with Crippen LogP contribution in [0.5, 0.6) is 0 Å². The fraction of sp³-hybridized carbons (Fsp3) is 0.308. The van der Waals surface area contributed by atoms with Gasteiger partial charge < -0.3 is 24.8 Å². The van der Waals surface area contributed by atoms with E-state index in [2.05, 4.69) is 30.5 Å². The number of allylic oxidation sites excluding steroid dienone is 1. The Morgan fingerprint density at radius 2 is 2.05 bits per heavy atom. The van der Waals surface area contributed by atoms with Gasteiger partial charge in [0.05, 0.1) is 42.3 Å². The Morgan fingerprint density at radius 1 is 1.21 bits per heavy atom. The largest absolute Gasteiger partial charge is 0.378 e. The monoisotopic (exact) mass is 513 g/mol. The number of nitrogens with zero attached hydrogens (tertiary/aromatic N) is 6. The highest BCUT2D eigenvalue weighted by molar-refractivity contribution is 6.12. The topological polar surface area (TPSA) is 144 Å². The van der Waals surface area contributed by atoms with Crippen molar-refractivity contribution in [1.82, 2.24) is 40.3 Å². The van der Waals surface area contributed by atoms with E-state index in [-0.39, 0.29) is 18.0 Å². The van der Waals surface area contributed by atoms with Crippen molar-refractivity contribution in [3.8, 4) is 11.5 Å². The van der Waals surface area contributed by atoms with Gasteiger partial charge in [-0.3, -0.25) is 14.9 Å². The zero-order chi connectivity index (χ0) is 26.2. The van der Waals surface area contributed by atoms with E-state index in [1.807, 2.05) is 24.3 Å². The third kappa shape index (κ3) is 4.39. The Morgan fingerprint density at radius 3 is 2.87 bits per heavy atom. The Balaban J connectivity index is 1.34. The van der Waals surface area contributed by atoms with Crippen LogP contribution in [-0.4, -0.2) is 106 Å². The molecule has 0 aliphatic carbocycles. The molecule has 3 aromatic heterocycles. The molecule has 3 N–H and O–H groups in total. The fourth-order valence-electron chi connectivity index (χ4n) is 4.62. The number of rotatable bonds is 4. The summed E-state index contributed by atoms with van der Waals surface area (Å²) in [6, 6.07) is 7.13. The standard InChI is InChI=1S/C26H27N9O3/c1-34(2)26(37)29-17-10-15(12-27-14-17)16-11-19-22(32-33-23(19)28-13-16)24-30-20-5-3-4-18(21(20)31-24)25(36)35-6-8-38-9-7-35/h3-5,10-13,17H,6-9,14H2,1-2H3,(H,29,37)(H,30,31)(H,28,32,33). The predicted molar refractivity (Wildman–Crippen MR) is 143 cm³/mol. The number of dihydropyridines is 1. The van der Waals surface area contributed by atoms with E-state index in [4.69, 9.17) is 9.72 Å². The number of para-hydroxylation sites is 1. The molecular formula is C26H27N9O3. The number of nitrogens with one attached hydrogen (secondary N) is 3. The number of aliphatic imine (C=N–C) groups is 1. The van der Waals surface area contributed by atoms with E-state index in [0.717, 1.165) is 22.0 Å². The first-order chi connectivity index (χ1) is 18.5. The summed E-state index contributed by atoms with van der Waals surface area (Å²) in [4.78, 5) is 45.7. The maximum atomic E-state index is 13.2. The predicted octanol–water partition coefficient (Wildman–Crippen LogP) is 2.08. The normalized spacial score (nSPS) is 17.6. The first-order valence-electron chi connectivity index (χ1n) is 12.4. The van der Waals surface area contributed by atoms with Crippen molar-refractivity contribution < 1.29 is 14.3 Å². The second-order valence-electron chi connectivity index (χ2n) is 9.45. The van der Waals surface area contributed by atoms with Gasteiger partial charge in [0, 0.05) is 45.2 Å². The number of imidazole rings is 1. The van der Waals surface area contributed by atoms with Gasteiger partial charge in [-0.05, 0) is 23.8 Å². The van der Waals surface area contributed by atoms with Crippen molar-refractivity contribution in [3.05, 3.63) is 47.7 Å². The molecule has 12 heteroatoms. The quantitative estimate of drug-likeness (QED) is 0.381. The molecule has 2 aliphatic rings. The number of pyridine rings is 1. The van der Waals surface area contributed by atoms with Crippen LogP contribution in [0.1, 0.15) is 15.9 Å². The SMILES string of the molecule is CN(C)C(=O)NC1C=C(c2cnc3n[nH]c(-c4nc5c(C(=O)N6CCOCC6)cccc5[nH]4)c3c2)C=NC1. The van der Waals surface area contributed by atoms with Crippen LogP contribution in [0.2, 0.25) is 0 Å². The van der Waals surface area contributed by atoms with Crippen molar-refractivity contribution >= 4 is 45.8 Å². The lowest BCUT2D eigenvalue weighted by Gasteiger charge is -2.26. The summed E-state index contributed by atoms with van der Waals surface area (Å²) >= 11 is 0. The zero-order valence-electron chi connectivity index (χ0n) is 21.1. The average molecular weight is 514 g/mol. The minimum Gasteiger partial charge on any atom is -0.378 e. The number of benzene rings is 1. The second kappa shape index (κ2) is 9.71. The third-order valence-electron chi connectivity index (χ3n) is 6.65. The molecule has 6 rings (SSSR count). The van der Waals surface area contributed by atoms with Crippen molar-refractivity contribution in [2.24, 2.45) is 4.99 Å². The van der Waals surface area contributed by atoms with Crippen LogP contribution in [0.25, 0.3) is 39.2 Å². The van der Waals surface area contributed by atoms with Gasteiger partial charge in [0.15, 0.2) is 11.5 Å². The molecule has 3 amide bonds. The number of aromatic nitrogens is 5. The van der Waals surface area contributed by atoms with E-state index in [1.165, 1.54) is 4.90 Å². The summed E-state index contributed by atoms with van der Waals surface area (Å²) in [6.07, 6.45) is 5.49. The smallest absolute Gasteiger partial charge is 0.317 e. The molecule has 1 fully saturated rings. The molecule has 194 valence electrons. The highest BCUT2D eigenvalue weighted by atomic mass is 16.5. The van der Waals surface area contributed by atoms with E-state index >= 15 is 0 Å². The summed E-state index contributed by atoms with van der Waals surface area (Å²) < 4.78 is 5.39. The van der Waals surface area contributed by atoms with Gasteiger partial charge in [-0.15, -0.1) is 0 Å². The van der Waals surface area contributed by atoms with Gasteiger partial charge in [-0.2, -0.15) is 5.10 Å². The Kier molecular flexibility index (Phi) is 6.08. The van der Waals surface area contributed by atoms with Gasteiger partial charge in [0.2, 0.25) is 0 Å². The molecule has 38 heavy (non-hydrogen) atoms. The van der Waals surface area contributed by atoms with Crippen LogP contribution in [0.15, 0.2) is 41.5 Å². The Bertz CT molecular complexity index is 1590. The zero-order valence-corrected chi connectivity index (χ0v) is 21.1. The molecule has 0 bridgehead atoms. The number of hydrogen-bond donors (Lipinski definition) is 3. The lowest BCUT2D eigenvalue weighted by Crippen LogP contribution is -2.42. The van der Waals surface area contributed by atoms with Crippen LogP contribution in [0.4, 0.5) is 4.79 Å². The summed E-state index contributed by atoms with van der Waals surface area (Å²) in [5, 5.41) is 11.1. The molecule has 2 aliphatic heterocycles. The van der Waals surface area contributed by atoms with Crippen LogP contribution in [-0.2, 0) is 4.74 Å². The number of hydrogen-bond acceptors (Lipinski definition) is 7. The van der Waals surface area contributed by atoms with Crippen LogP contribution in [0, 0.1) is 0 Å². The molecule has 0 saturated carbocycles. The molecule has 12 nitrogen and oxygen atoms in total. The van der Waals surface area contributed by atoms with E-state index < -0.39 is 0 Å². The van der Waals surface area contributed by atoms with Crippen molar-refractivity contribution in [2.75, 3.05) is 46.9 Å². The summed E-state index contributed by atoms with van der Waals surface area (Å²) in [5.74, 6) is 0.501. The first-order valence-corrected chi connectivity index (χ1v) is 12.4. The van der Waals surface area contributed by atoms with Crippen molar-refractivity contribution in [3.63, 3.8) is 0 Å². The molecule has 1 unspecified atom stereocenters. The van der Waals surface area contributed by atoms with Gasteiger partial charge in [0.25, 0.3) is 5.91 Å². The number of amides is 3. The number of fused-ring (bicyclic) bond motifs is 2. The summed E-state index contributed by atoms with van der Waals surface area (Å²) in [5.41, 5.74) is 4.81. The second-order valence-corrected chi connectivity index (χ2v) is 9.45. The van der Waals surface area contributed by atoms with Crippen molar-refractivity contribution in [1.29, 1.82) is 0 Å². The van der Waals surface area contributed by atoms with E-state index in [0.29, 0.717) is 61.1 Å². The molecule has 4 aromatic rings. The van der Waals surface area contributed by atoms with Crippen LogP contribution < -0.4 is 5.32 Å². The summed E-state index contributed by atoms with van der Waals surface area (Å²) in [7, 11) is 3.40. The van der Waals surface area contributed by atoms with Gasteiger partial charge >= 0.3 is 6.03 Å². The number of morpholine rings is 1. The minimum absolute atomic E-state index is 0.0604. The average Bonchev–Trinajstić information content (AvgIpc) is 3.57.